The Bertz CT molecular complexity index is 1250. The van der Waals surface area contributed by atoms with Crippen molar-refractivity contribution in [2.75, 3.05) is 6.61 Å². The summed E-state index contributed by atoms with van der Waals surface area (Å²) in [7, 11) is 0. The number of carbonyl (C=O) groups is 2. The third-order valence-electron chi connectivity index (χ3n) is 4.67. The van der Waals surface area contributed by atoms with E-state index >= 15 is 0 Å². The van der Waals surface area contributed by atoms with Crippen molar-refractivity contribution >= 4 is 50.0 Å². The van der Waals surface area contributed by atoms with Gasteiger partial charge < -0.3 is 14.2 Å². The molecule has 33 heavy (non-hydrogen) atoms. The van der Waals surface area contributed by atoms with E-state index in [-0.39, 0.29) is 12.4 Å². The zero-order chi connectivity index (χ0) is 23.4. The first-order valence-electron chi connectivity index (χ1n) is 9.90. The summed E-state index contributed by atoms with van der Waals surface area (Å²) in [6, 6.07) is 17.7. The van der Waals surface area contributed by atoms with E-state index in [0.717, 1.165) is 10.0 Å². The number of hydrazone groups is 1. The van der Waals surface area contributed by atoms with Crippen LogP contribution in [0.1, 0.15) is 21.5 Å². The molecule has 3 aromatic carbocycles. The van der Waals surface area contributed by atoms with Gasteiger partial charge in [-0.15, -0.1) is 0 Å². The van der Waals surface area contributed by atoms with Crippen LogP contribution in [0.15, 0.2) is 74.7 Å². The lowest BCUT2D eigenvalue weighted by Crippen LogP contribution is -2.42. The predicted octanol–water partition coefficient (Wildman–Crippen LogP) is 5.03. The summed E-state index contributed by atoms with van der Waals surface area (Å²) >= 11 is 6.83. The lowest BCUT2D eigenvalue weighted by Gasteiger charge is -2.24. The van der Waals surface area contributed by atoms with Crippen molar-refractivity contribution in [1.29, 1.82) is 0 Å². The average molecular weight is 574 g/mol. The first-order valence-corrected chi connectivity index (χ1v) is 11.5. The van der Waals surface area contributed by atoms with E-state index in [0.29, 0.717) is 27.1 Å². The monoisotopic (exact) mass is 572 g/mol. The van der Waals surface area contributed by atoms with Crippen LogP contribution in [0.5, 0.6) is 17.2 Å². The first-order chi connectivity index (χ1) is 15.9. The van der Waals surface area contributed by atoms with E-state index < -0.39 is 18.0 Å². The molecule has 168 valence electrons. The number of fused-ring (bicyclic) bond motifs is 1. The number of rotatable bonds is 5. The Morgan fingerprint density at radius 3 is 2.67 bits per heavy atom. The minimum absolute atomic E-state index is 0.0696. The minimum atomic E-state index is -0.843. The van der Waals surface area contributed by atoms with Gasteiger partial charge in [0.05, 0.1) is 16.3 Å². The molecule has 3 aromatic rings. The number of carbonyl (C=O) groups excluding carboxylic acids is 2. The molecule has 0 radical (unpaired) electrons. The first kappa shape index (κ1) is 23.0. The number of benzene rings is 3. The number of nitrogens with one attached hydrogen (secondary N) is 1. The van der Waals surface area contributed by atoms with Crippen molar-refractivity contribution in [3.8, 4) is 17.2 Å². The normalized spacial score (nSPS) is 14.7. The third-order valence-corrected chi connectivity index (χ3v) is 5.71. The van der Waals surface area contributed by atoms with Crippen LogP contribution >= 0.6 is 31.9 Å². The largest absolute Gasteiger partial charge is 0.485 e. The van der Waals surface area contributed by atoms with E-state index in [1.807, 2.05) is 19.1 Å². The Morgan fingerprint density at radius 1 is 1.09 bits per heavy atom. The minimum Gasteiger partial charge on any atom is -0.485 e. The zero-order valence-corrected chi connectivity index (χ0v) is 20.6. The molecule has 0 bridgehead atoms. The molecule has 1 unspecified atom stereocenters. The van der Waals surface area contributed by atoms with E-state index in [9.17, 15) is 9.59 Å². The van der Waals surface area contributed by atoms with Crippen molar-refractivity contribution < 1.29 is 23.8 Å². The second kappa shape index (κ2) is 10.2. The second-order valence-corrected chi connectivity index (χ2v) is 8.93. The molecular weight excluding hydrogens is 556 g/mol. The fraction of sp³-hybridized carbons (Fsp3) is 0.125. The Labute approximate surface area is 207 Å². The second-order valence-electron chi connectivity index (χ2n) is 7.16. The molecule has 0 fully saturated rings. The predicted molar refractivity (Wildman–Crippen MR) is 130 cm³/mol. The number of esters is 1. The molecule has 1 N–H and O–H groups in total. The van der Waals surface area contributed by atoms with Gasteiger partial charge in [0.2, 0.25) is 6.10 Å². The van der Waals surface area contributed by atoms with Crippen molar-refractivity contribution in [3.63, 3.8) is 0 Å². The van der Waals surface area contributed by atoms with Crippen LogP contribution in [0.25, 0.3) is 0 Å². The van der Waals surface area contributed by atoms with Crippen molar-refractivity contribution in [2.24, 2.45) is 5.10 Å². The molecule has 1 aliphatic rings. The molecule has 1 amide bonds. The van der Waals surface area contributed by atoms with Gasteiger partial charge >= 0.3 is 5.97 Å². The lowest BCUT2D eigenvalue weighted by atomic mass is 10.1. The highest BCUT2D eigenvalue weighted by molar-refractivity contribution is 9.11. The van der Waals surface area contributed by atoms with E-state index in [1.54, 1.807) is 48.5 Å². The van der Waals surface area contributed by atoms with Crippen LogP contribution in [0.4, 0.5) is 0 Å². The maximum absolute atomic E-state index is 12.6. The quantitative estimate of drug-likeness (QED) is 0.200. The molecule has 0 aliphatic carbocycles. The van der Waals surface area contributed by atoms with Crippen LogP contribution in [0, 0.1) is 6.92 Å². The molecule has 1 heterocycles. The van der Waals surface area contributed by atoms with Gasteiger partial charge in [-0.3, -0.25) is 4.79 Å². The van der Waals surface area contributed by atoms with Crippen LogP contribution in [-0.2, 0) is 4.79 Å². The molecule has 0 spiro atoms. The van der Waals surface area contributed by atoms with Gasteiger partial charge in [0.15, 0.2) is 17.2 Å². The highest BCUT2D eigenvalue weighted by atomic mass is 79.9. The Balaban J connectivity index is 1.47. The van der Waals surface area contributed by atoms with Gasteiger partial charge in [-0.1, -0.05) is 45.8 Å². The van der Waals surface area contributed by atoms with Gasteiger partial charge in [-0.05, 0) is 59.3 Å². The average Bonchev–Trinajstić information content (AvgIpc) is 2.80. The van der Waals surface area contributed by atoms with Crippen molar-refractivity contribution in [2.45, 2.75) is 13.0 Å². The number of ether oxygens (including phenoxy) is 3. The molecule has 0 saturated carbocycles. The van der Waals surface area contributed by atoms with Gasteiger partial charge in [0.25, 0.3) is 5.91 Å². The molecule has 1 aliphatic heterocycles. The summed E-state index contributed by atoms with van der Waals surface area (Å²) in [5, 5.41) is 4.02. The van der Waals surface area contributed by atoms with E-state index in [4.69, 9.17) is 14.2 Å². The topological polar surface area (TPSA) is 86.2 Å². The van der Waals surface area contributed by atoms with Gasteiger partial charge in [-0.25, -0.2) is 10.2 Å². The maximum atomic E-state index is 12.6. The zero-order valence-electron chi connectivity index (χ0n) is 17.4. The number of hydrogen-bond acceptors (Lipinski definition) is 6. The van der Waals surface area contributed by atoms with Gasteiger partial charge in [0, 0.05) is 10.0 Å². The standard InChI is InChI=1S/C24H18Br2N2O5/c1-14-5-4-6-15(9-14)24(30)33-22-16(10-17(25)11-18(22)26)12-27-28-23(29)21-13-31-19-7-2-3-8-20(19)32-21/h2-12,21H,13H2,1H3,(H,28,29)/b27-12+. The Morgan fingerprint density at radius 2 is 1.88 bits per heavy atom. The Hall–Kier alpha value is -3.17. The van der Waals surface area contributed by atoms with E-state index in [1.165, 1.54) is 6.21 Å². The molecule has 7 nitrogen and oxygen atoms in total. The van der Waals surface area contributed by atoms with Crippen LogP contribution in [0.2, 0.25) is 0 Å². The van der Waals surface area contributed by atoms with Gasteiger partial charge in [0.1, 0.15) is 6.61 Å². The highest BCUT2D eigenvalue weighted by Gasteiger charge is 2.27. The Kier molecular flexibility index (Phi) is 7.10. The summed E-state index contributed by atoms with van der Waals surface area (Å²) < 4.78 is 18.1. The third kappa shape index (κ3) is 5.61. The maximum Gasteiger partial charge on any atom is 0.343 e. The fourth-order valence-corrected chi connectivity index (χ4v) is 4.43. The van der Waals surface area contributed by atoms with Crippen molar-refractivity contribution in [3.05, 3.63) is 86.3 Å². The highest BCUT2D eigenvalue weighted by Crippen LogP contribution is 2.33. The summed E-state index contributed by atoms with van der Waals surface area (Å²) in [4.78, 5) is 25.1. The van der Waals surface area contributed by atoms with Crippen molar-refractivity contribution in [1.82, 2.24) is 5.43 Å². The van der Waals surface area contributed by atoms with Crippen LogP contribution in [-0.4, -0.2) is 30.8 Å². The number of halogens is 2. The van der Waals surface area contributed by atoms with Crippen LogP contribution in [0.3, 0.4) is 0 Å². The number of aryl methyl sites for hydroxylation is 1. The number of amides is 1. The summed E-state index contributed by atoms with van der Waals surface area (Å²) in [6.07, 6.45) is 0.550. The van der Waals surface area contributed by atoms with Crippen LogP contribution < -0.4 is 19.6 Å². The number of nitrogens with zero attached hydrogens (tertiary/aromatic N) is 1. The summed E-state index contributed by atoms with van der Waals surface area (Å²) in [5.74, 6) is 0.382. The SMILES string of the molecule is Cc1cccc(C(=O)Oc2c(Br)cc(Br)cc2/C=N/NC(=O)C2COc3ccccc3O2)c1. The molecule has 0 saturated heterocycles. The summed E-state index contributed by atoms with van der Waals surface area (Å²) in [5.41, 5.74) is 4.29. The smallest absolute Gasteiger partial charge is 0.343 e. The molecular formula is C24H18Br2N2O5. The number of para-hydroxylation sites is 2. The molecule has 9 heteroatoms. The fourth-order valence-electron chi connectivity index (χ4n) is 3.09. The summed E-state index contributed by atoms with van der Waals surface area (Å²) in [6.45, 7) is 1.97. The molecule has 1 atom stereocenters. The molecule has 4 rings (SSSR count). The molecule has 0 aromatic heterocycles. The lowest BCUT2D eigenvalue weighted by molar-refractivity contribution is -0.130. The van der Waals surface area contributed by atoms with Gasteiger partial charge in [-0.2, -0.15) is 5.10 Å². The number of hydrogen-bond donors (Lipinski definition) is 1. The van der Waals surface area contributed by atoms with E-state index in [2.05, 4.69) is 42.4 Å².